The quantitative estimate of drug-likeness (QED) is 0.394. The van der Waals surface area contributed by atoms with Crippen LogP contribution in [0.5, 0.6) is 11.5 Å². The Morgan fingerprint density at radius 3 is 2.77 bits per heavy atom. The number of carbonyl (C=O) groups is 1. The molecule has 0 saturated heterocycles. The van der Waals surface area contributed by atoms with E-state index in [1.54, 1.807) is 18.2 Å². The van der Waals surface area contributed by atoms with E-state index in [2.05, 4.69) is 17.5 Å². The van der Waals surface area contributed by atoms with Crippen LogP contribution in [0, 0.1) is 0 Å². The molecule has 0 fully saturated rings. The number of benzene rings is 1. The van der Waals surface area contributed by atoms with Crippen LogP contribution in [0.1, 0.15) is 57.9 Å². The van der Waals surface area contributed by atoms with E-state index in [1.165, 1.54) is 25.5 Å². The lowest BCUT2D eigenvalue weighted by Gasteiger charge is -2.07. The van der Waals surface area contributed by atoms with Crippen molar-refractivity contribution in [3.8, 4) is 11.5 Å². The Balaban J connectivity index is 2.39. The highest BCUT2D eigenvalue weighted by Gasteiger charge is 2.06. The Labute approximate surface area is 132 Å². The fourth-order valence-electron chi connectivity index (χ4n) is 2.03. The number of phenols is 1. The van der Waals surface area contributed by atoms with E-state index in [0.29, 0.717) is 24.3 Å². The Kier molecular flexibility index (Phi) is 8.72. The molecule has 0 bridgehead atoms. The second-order valence-corrected chi connectivity index (χ2v) is 5.08. The molecule has 0 heterocycles. The minimum absolute atomic E-state index is 0.0296. The molecule has 0 aromatic heterocycles. The van der Waals surface area contributed by atoms with Gasteiger partial charge in [-0.15, -0.1) is 0 Å². The molecule has 0 unspecified atom stereocenters. The van der Waals surface area contributed by atoms with Gasteiger partial charge in [-0.1, -0.05) is 38.7 Å². The Bertz CT molecular complexity index is 487. The zero-order valence-corrected chi connectivity index (χ0v) is 13.5. The molecule has 5 nitrogen and oxygen atoms in total. The van der Waals surface area contributed by atoms with Crippen LogP contribution in [0.15, 0.2) is 23.3 Å². The number of para-hydroxylation sites is 1. The first kappa shape index (κ1) is 18.0. The van der Waals surface area contributed by atoms with Gasteiger partial charge in [0.1, 0.15) is 0 Å². The van der Waals surface area contributed by atoms with E-state index in [-0.39, 0.29) is 11.7 Å². The number of rotatable bonds is 10. The van der Waals surface area contributed by atoms with Crippen LogP contribution in [0.2, 0.25) is 0 Å². The minimum atomic E-state index is -0.104. The van der Waals surface area contributed by atoms with Crippen LogP contribution in [-0.2, 0) is 4.79 Å². The summed E-state index contributed by atoms with van der Waals surface area (Å²) in [5.41, 5.74) is 2.99. The fourth-order valence-corrected chi connectivity index (χ4v) is 2.03. The highest BCUT2D eigenvalue weighted by molar-refractivity contribution is 5.86. The van der Waals surface area contributed by atoms with Gasteiger partial charge in [0.05, 0.1) is 12.8 Å². The van der Waals surface area contributed by atoms with Gasteiger partial charge in [0.2, 0.25) is 5.91 Å². The summed E-state index contributed by atoms with van der Waals surface area (Å²) < 4.78 is 5.29. The van der Waals surface area contributed by atoms with Crippen molar-refractivity contribution in [2.45, 2.75) is 52.4 Å². The molecule has 1 amide bonds. The third-order valence-electron chi connectivity index (χ3n) is 3.23. The molecular formula is C17H26N2O3. The van der Waals surface area contributed by atoms with Gasteiger partial charge in [-0.05, 0) is 25.5 Å². The van der Waals surface area contributed by atoms with E-state index in [9.17, 15) is 9.90 Å². The predicted octanol–water partition coefficient (Wildman–Crippen LogP) is 3.60. The first-order valence-corrected chi connectivity index (χ1v) is 7.95. The number of nitrogens with zero attached hydrogens (tertiary/aromatic N) is 1. The molecule has 0 aliphatic rings. The number of amides is 1. The van der Waals surface area contributed by atoms with E-state index in [1.807, 2.05) is 6.92 Å². The summed E-state index contributed by atoms with van der Waals surface area (Å²) in [6.45, 7) is 4.49. The Morgan fingerprint density at radius 1 is 1.27 bits per heavy atom. The summed E-state index contributed by atoms with van der Waals surface area (Å²) in [5.74, 6) is 0.337. The van der Waals surface area contributed by atoms with Crippen molar-refractivity contribution in [3.05, 3.63) is 23.8 Å². The largest absolute Gasteiger partial charge is 0.504 e. The molecular weight excluding hydrogens is 280 g/mol. The highest BCUT2D eigenvalue weighted by atomic mass is 16.5. The molecule has 22 heavy (non-hydrogen) atoms. The summed E-state index contributed by atoms with van der Waals surface area (Å²) in [4.78, 5) is 11.6. The first-order chi connectivity index (χ1) is 10.7. The van der Waals surface area contributed by atoms with Gasteiger partial charge in [0.25, 0.3) is 0 Å². The minimum Gasteiger partial charge on any atom is -0.504 e. The fraction of sp³-hybridized carbons (Fsp3) is 0.529. The molecule has 0 aliphatic carbocycles. The van der Waals surface area contributed by atoms with Crippen molar-refractivity contribution in [2.75, 3.05) is 6.61 Å². The summed E-state index contributed by atoms with van der Waals surface area (Å²) in [6.07, 6.45) is 7.44. The van der Waals surface area contributed by atoms with E-state index >= 15 is 0 Å². The average molecular weight is 306 g/mol. The summed E-state index contributed by atoms with van der Waals surface area (Å²) in [7, 11) is 0. The third-order valence-corrected chi connectivity index (χ3v) is 3.23. The lowest BCUT2D eigenvalue weighted by atomic mass is 10.1. The first-order valence-electron chi connectivity index (χ1n) is 7.95. The molecule has 0 saturated carbocycles. The number of hydrogen-bond acceptors (Lipinski definition) is 4. The number of phenolic OH excluding ortho intramolecular Hbond substituents is 1. The number of hydrazone groups is 1. The Morgan fingerprint density at radius 2 is 2.05 bits per heavy atom. The van der Waals surface area contributed by atoms with E-state index in [4.69, 9.17) is 4.74 Å². The molecule has 2 N–H and O–H groups in total. The Hall–Kier alpha value is -2.04. The molecule has 5 heteroatoms. The van der Waals surface area contributed by atoms with Gasteiger partial charge in [-0.25, -0.2) is 5.43 Å². The number of hydrogen-bond donors (Lipinski definition) is 2. The number of carbonyl (C=O) groups excluding carboxylic acids is 1. The predicted molar refractivity (Wildman–Crippen MR) is 88.4 cm³/mol. The van der Waals surface area contributed by atoms with Crippen molar-refractivity contribution in [1.29, 1.82) is 0 Å². The maximum absolute atomic E-state index is 11.6. The lowest BCUT2D eigenvalue weighted by molar-refractivity contribution is -0.121. The van der Waals surface area contributed by atoms with Crippen LogP contribution < -0.4 is 10.2 Å². The smallest absolute Gasteiger partial charge is 0.240 e. The summed E-state index contributed by atoms with van der Waals surface area (Å²) in [5, 5.41) is 13.9. The lowest BCUT2D eigenvalue weighted by Crippen LogP contribution is -2.16. The highest BCUT2D eigenvalue weighted by Crippen LogP contribution is 2.28. The molecule has 0 atom stereocenters. The zero-order chi connectivity index (χ0) is 16.2. The number of aromatic hydroxyl groups is 1. The third kappa shape index (κ3) is 6.61. The maximum atomic E-state index is 11.6. The van der Waals surface area contributed by atoms with Gasteiger partial charge in [0.15, 0.2) is 11.5 Å². The number of unbranched alkanes of at least 4 members (excludes halogenated alkanes) is 4. The van der Waals surface area contributed by atoms with Crippen LogP contribution in [0.25, 0.3) is 0 Å². The van der Waals surface area contributed by atoms with Crippen molar-refractivity contribution < 1.29 is 14.6 Å². The van der Waals surface area contributed by atoms with Crippen molar-refractivity contribution in [2.24, 2.45) is 5.10 Å². The van der Waals surface area contributed by atoms with Crippen molar-refractivity contribution in [3.63, 3.8) is 0 Å². The van der Waals surface area contributed by atoms with Gasteiger partial charge in [0, 0.05) is 12.0 Å². The molecule has 0 radical (unpaired) electrons. The van der Waals surface area contributed by atoms with Crippen molar-refractivity contribution >= 4 is 12.1 Å². The molecule has 1 aromatic carbocycles. The monoisotopic (exact) mass is 306 g/mol. The normalized spacial score (nSPS) is 10.8. The van der Waals surface area contributed by atoms with Crippen LogP contribution in [0.3, 0.4) is 0 Å². The standard InChI is InChI=1S/C17H26N2O3/c1-3-5-6-7-8-12-16(20)19-18-13-14-10-9-11-15(17(14)21)22-4-2/h9-11,13,21H,3-8,12H2,1-2H3,(H,19,20). The molecule has 0 aliphatic heterocycles. The topological polar surface area (TPSA) is 70.9 Å². The van der Waals surface area contributed by atoms with E-state index < -0.39 is 0 Å². The van der Waals surface area contributed by atoms with Crippen LogP contribution >= 0.6 is 0 Å². The summed E-state index contributed by atoms with van der Waals surface area (Å²) in [6, 6.07) is 5.16. The number of nitrogens with one attached hydrogen (secondary N) is 1. The van der Waals surface area contributed by atoms with E-state index in [0.717, 1.165) is 12.8 Å². The van der Waals surface area contributed by atoms with Crippen LogP contribution in [-0.4, -0.2) is 23.8 Å². The van der Waals surface area contributed by atoms with Gasteiger partial charge in [-0.3, -0.25) is 4.79 Å². The average Bonchev–Trinajstić information content (AvgIpc) is 2.51. The second-order valence-electron chi connectivity index (χ2n) is 5.08. The van der Waals surface area contributed by atoms with Crippen molar-refractivity contribution in [1.82, 2.24) is 5.43 Å². The summed E-state index contributed by atoms with van der Waals surface area (Å²) >= 11 is 0. The van der Waals surface area contributed by atoms with Crippen LogP contribution in [0.4, 0.5) is 0 Å². The zero-order valence-electron chi connectivity index (χ0n) is 13.5. The number of ether oxygens (including phenoxy) is 1. The molecule has 0 spiro atoms. The maximum Gasteiger partial charge on any atom is 0.240 e. The van der Waals surface area contributed by atoms with Gasteiger partial charge in [-0.2, -0.15) is 5.10 Å². The molecule has 122 valence electrons. The SMILES string of the molecule is CCCCCCCC(=O)NN=Cc1cccc(OCC)c1O. The molecule has 1 rings (SSSR count). The molecule has 1 aromatic rings. The van der Waals surface area contributed by atoms with Gasteiger partial charge < -0.3 is 9.84 Å². The van der Waals surface area contributed by atoms with Gasteiger partial charge >= 0.3 is 0 Å². The second kappa shape index (κ2) is 10.7.